The van der Waals surface area contributed by atoms with Gasteiger partial charge in [0.1, 0.15) is 5.52 Å². The van der Waals surface area contributed by atoms with Crippen LogP contribution in [0.5, 0.6) is 0 Å². The van der Waals surface area contributed by atoms with Crippen molar-refractivity contribution >= 4 is 28.4 Å². The molecule has 1 aromatic carbocycles. The fourth-order valence-corrected chi connectivity index (χ4v) is 4.06. The first-order chi connectivity index (χ1) is 12.7. The van der Waals surface area contributed by atoms with Crippen molar-refractivity contribution in [3.63, 3.8) is 0 Å². The lowest BCUT2D eigenvalue weighted by Gasteiger charge is -2.30. The third-order valence-electron chi connectivity index (χ3n) is 4.55. The molecule has 1 aliphatic rings. The maximum absolute atomic E-state index is 11.8. The normalized spacial score (nSPS) is 18.3. The number of benzene rings is 1. The van der Waals surface area contributed by atoms with Gasteiger partial charge in [-0.15, -0.1) is 11.3 Å². The van der Waals surface area contributed by atoms with Gasteiger partial charge in [0, 0.05) is 24.4 Å². The average Bonchev–Trinajstić information content (AvgIpc) is 3.29. The number of esters is 1. The molecule has 6 nitrogen and oxygen atoms in total. The Kier molecular flexibility index (Phi) is 4.99. The summed E-state index contributed by atoms with van der Waals surface area (Å²) < 4.78 is 11.0. The van der Waals surface area contributed by atoms with Crippen molar-refractivity contribution in [1.29, 1.82) is 0 Å². The van der Waals surface area contributed by atoms with Gasteiger partial charge in [0.25, 0.3) is 0 Å². The number of carbonyl (C=O) groups is 1. The van der Waals surface area contributed by atoms with Gasteiger partial charge in [-0.25, -0.2) is 14.8 Å². The molecule has 3 aromatic rings. The summed E-state index contributed by atoms with van der Waals surface area (Å²) in [6, 6.07) is 7.88. The number of likely N-dealkylation sites (tertiary alicyclic amines) is 1. The number of para-hydroxylation sites is 2. The molecule has 1 saturated heterocycles. The number of ether oxygens (including phenoxy) is 1. The molecular formula is C19H21N3O3S. The smallest absolute Gasteiger partial charge is 0.367 e. The van der Waals surface area contributed by atoms with Crippen molar-refractivity contribution in [2.75, 3.05) is 19.7 Å². The summed E-state index contributed by atoms with van der Waals surface area (Å²) in [4.78, 5) is 23.2. The molecule has 0 saturated carbocycles. The SMILES string of the molecule is CCOC(=O)c1nc(CN2CCC[C@H](c3nc4ccccc4o3)C2)cs1. The minimum Gasteiger partial charge on any atom is -0.461 e. The highest BCUT2D eigenvalue weighted by atomic mass is 32.1. The highest BCUT2D eigenvalue weighted by molar-refractivity contribution is 7.11. The number of hydrogen-bond acceptors (Lipinski definition) is 7. The zero-order valence-electron chi connectivity index (χ0n) is 14.7. The summed E-state index contributed by atoms with van der Waals surface area (Å²) in [5.74, 6) is 0.771. The Bertz CT molecular complexity index is 871. The molecule has 0 unspecified atom stereocenters. The molecule has 0 bridgehead atoms. The van der Waals surface area contributed by atoms with Crippen molar-refractivity contribution in [2.45, 2.75) is 32.2 Å². The van der Waals surface area contributed by atoms with Crippen LogP contribution in [0.2, 0.25) is 0 Å². The van der Waals surface area contributed by atoms with Crippen LogP contribution < -0.4 is 0 Å². The Morgan fingerprint density at radius 1 is 1.38 bits per heavy atom. The molecule has 0 aliphatic carbocycles. The van der Waals surface area contributed by atoms with Crippen molar-refractivity contribution < 1.29 is 13.9 Å². The minimum atomic E-state index is -0.341. The second-order valence-electron chi connectivity index (χ2n) is 6.46. The van der Waals surface area contributed by atoms with Crippen LogP contribution in [-0.4, -0.2) is 40.5 Å². The van der Waals surface area contributed by atoms with E-state index in [1.54, 1.807) is 6.92 Å². The van der Waals surface area contributed by atoms with Gasteiger partial charge in [0.2, 0.25) is 5.01 Å². The van der Waals surface area contributed by atoms with E-state index in [4.69, 9.17) is 9.15 Å². The van der Waals surface area contributed by atoms with E-state index in [0.717, 1.165) is 55.2 Å². The summed E-state index contributed by atoms with van der Waals surface area (Å²) >= 11 is 1.34. The standard InChI is InChI=1S/C19H21N3O3S/c1-2-24-19(23)18-20-14(12-26-18)11-22-9-5-6-13(10-22)17-21-15-7-3-4-8-16(15)25-17/h3-4,7-8,12-13H,2,5-6,9-11H2,1H3/t13-/m0/s1. The van der Waals surface area contributed by atoms with E-state index in [0.29, 0.717) is 17.5 Å². The number of carbonyl (C=O) groups excluding carboxylic acids is 1. The quantitative estimate of drug-likeness (QED) is 0.635. The van der Waals surface area contributed by atoms with Gasteiger partial charge >= 0.3 is 5.97 Å². The fraction of sp³-hybridized carbons (Fsp3) is 0.421. The molecule has 136 valence electrons. The first-order valence-electron chi connectivity index (χ1n) is 8.92. The van der Waals surface area contributed by atoms with Crippen LogP contribution >= 0.6 is 11.3 Å². The van der Waals surface area contributed by atoms with Crippen molar-refractivity contribution in [1.82, 2.24) is 14.9 Å². The van der Waals surface area contributed by atoms with Crippen LogP contribution in [0.1, 0.15) is 47.1 Å². The number of fused-ring (bicyclic) bond motifs is 1. The molecule has 0 spiro atoms. The van der Waals surface area contributed by atoms with Crippen molar-refractivity contribution in [3.05, 3.63) is 46.2 Å². The van der Waals surface area contributed by atoms with Crippen LogP contribution in [0.15, 0.2) is 34.1 Å². The number of rotatable bonds is 5. The minimum absolute atomic E-state index is 0.291. The monoisotopic (exact) mass is 371 g/mol. The van der Waals surface area contributed by atoms with E-state index in [9.17, 15) is 4.79 Å². The first kappa shape index (κ1) is 17.2. The maximum Gasteiger partial charge on any atom is 0.367 e. The van der Waals surface area contributed by atoms with E-state index in [1.165, 1.54) is 11.3 Å². The average molecular weight is 371 g/mol. The van der Waals surface area contributed by atoms with Crippen molar-refractivity contribution in [3.8, 4) is 0 Å². The number of nitrogens with zero attached hydrogens (tertiary/aromatic N) is 3. The second kappa shape index (κ2) is 7.55. The Morgan fingerprint density at radius 3 is 3.12 bits per heavy atom. The molecule has 3 heterocycles. The zero-order chi connectivity index (χ0) is 17.9. The maximum atomic E-state index is 11.8. The number of thiazole rings is 1. The van der Waals surface area contributed by atoms with E-state index >= 15 is 0 Å². The Morgan fingerprint density at radius 2 is 2.27 bits per heavy atom. The van der Waals surface area contributed by atoms with Crippen LogP contribution in [0.4, 0.5) is 0 Å². The molecule has 0 amide bonds. The van der Waals surface area contributed by atoms with Gasteiger partial charge in [-0.3, -0.25) is 4.90 Å². The van der Waals surface area contributed by atoms with Gasteiger partial charge in [-0.05, 0) is 38.4 Å². The van der Waals surface area contributed by atoms with Crippen molar-refractivity contribution in [2.24, 2.45) is 0 Å². The van der Waals surface area contributed by atoms with E-state index in [2.05, 4.69) is 14.9 Å². The molecule has 7 heteroatoms. The van der Waals surface area contributed by atoms with Crippen LogP contribution in [0, 0.1) is 0 Å². The highest BCUT2D eigenvalue weighted by Gasteiger charge is 2.26. The highest BCUT2D eigenvalue weighted by Crippen LogP contribution is 2.29. The molecule has 1 atom stereocenters. The van der Waals surface area contributed by atoms with E-state index in [-0.39, 0.29) is 5.97 Å². The Hall–Kier alpha value is -2.25. The Balaban J connectivity index is 1.43. The Labute approximate surface area is 155 Å². The van der Waals surface area contributed by atoms with Gasteiger partial charge in [0.15, 0.2) is 11.5 Å². The molecule has 1 aliphatic heterocycles. The molecule has 2 aromatic heterocycles. The summed E-state index contributed by atoms with van der Waals surface area (Å²) in [5.41, 5.74) is 2.67. The van der Waals surface area contributed by atoms with E-state index in [1.807, 2.05) is 29.6 Å². The number of hydrogen-bond donors (Lipinski definition) is 0. The predicted octanol–water partition coefficient (Wildman–Crippen LogP) is 3.84. The van der Waals surface area contributed by atoms with Gasteiger partial charge in [-0.1, -0.05) is 12.1 Å². The van der Waals surface area contributed by atoms with Crippen LogP contribution in [0.25, 0.3) is 11.1 Å². The topological polar surface area (TPSA) is 68.5 Å². The molecule has 4 rings (SSSR count). The summed E-state index contributed by atoms with van der Waals surface area (Å²) in [6.45, 7) is 4.80. The van der Waals surface area contributed by atoms with Crippen LogP contribution in [-0.2, 0) is 11.3 Å². The lowest BCUT2D eigenvalue weighted by molar-refractivity contribution is 0.0525. The second-order valence-corrected chi connectivity index (χ2v) is 7.32. The van der Waals surface area contributed by atoms with E-state index < -0.39 is 0 Å². The molecule has 26 heavy (non-hydrogen) atoms. The zero-order valence-corrected chi connectivity index (χ0v) is 15.5. The largest absolute Gasteiger partial charge is 0.461 e. The third kappa shape index (κ3) is 3.64. The summed E-state index contributed by atoms with van der Waals surface area (Å²) in [5, 5.41) is 2.37. The molecule has 1 fully saturated rings. The van der Waals surface area contributed by atoms with Gasteiger partial charge in [0.05, 0.1) is 12.3 Å². The summed E-state index contributed by atoms with van der Waals surface area (Å²) in [6.07, 6.45) is 2.17. The number of aromatic nitrogens is 2. The van der Waals surface area contributed by atoms with Gasteiger partial charge < -0.3 is 9.15 Å². The molecule has 0 N–H and O–H groups in total. The molecular weight excluding hydrogens is 350 g/mol. The lowest BCUT2D eigenvalue weighted by atomic mass is 9.98. The predicted molar refractivity (Wildman–Crippen MR) is 99.3 cm³/mol. The van der Waals surface area contributed by atoms with Crippen LogP contribution in [0.3, 0.4) is 0 Å². The molecule has 0 radical (unpaired) electrons. The lowest BCUT2D eigenvalue weighted by Crippen LogP contribution is -2.34. The first-order valence-corrected chi connectivity index (χ1v) is 9.80. The van der Waals surface area contributed by atoms with Gasteiger partial charge in [-0.2, -0.15) is 0 Å². The fourth-order valence-electron chi connectivity index (χ4n) is 3.36. The summed E-state index contributed by atoms with van der Waals surface area (Å²) in [7, 11) is 0. The number of piperidine rings is 1. The third-order valence-corrected chi connectivity index (χ3v) is 5.42. The number of oxazole rings is 1.